The molecule has 94 valence electrons. The number of rotatable bonds is 6. The first kappa shape index (κ1) is 13.7. The Morgan fingerprint density at radius 1 is 1.35 bits per heavy atom. The van der Waals surface area contributed by atoms with Gasteiger partial charge in [0.2, 0.25) is 0 Å². The van der Waals surface area contributed by atoms with Crippen LogP contribution in [0.5, 0.6) is 0 Å². The molecule has 0 fully saturated rings. The smallest absolute Gasteiger partial charge is 0.303 e. The van der Waals surface area contributed by atoms with Crippen molar-refractivity contribution in [3.63, 3.8) is 0 Å². The van der Waals surface area contributed by atoms with E-state index < -0.39 is 17.6 Å². The molecule has 0 saturated carbocycles. The van der Waals surface area contributed by atoms with Crippen molar-refractivity contribution in [3.05, 3.63) is 28.8 Å². The number of halogens is 3. The molecule has 6 heteroatoms. The quantitative estimate of drug-likeness (QED) is 0.775. The van der Waals surface area contributed by atoms with Gasteiger partial charge >= 0.3 is 5.97 Å². The normalized spacial score (nSPS) is 10.3. The highest BCUT2D eigenvalue weighted by Gasteiger charge is 2.09. The molecule has 0 bridgehead atoms. The SMILES string of the molecule is O=C(O)CCCCNc1c(F)cc(F)cc1Cl. The maximum atomic E-state index is 13.3. The number of carbonyl (C=O) groups is 1. The van der Waals surface area contributed by atoms with Gasteiger partial charge in [-0.3, -0.25) is 4.79 Å². The van der Waals surface area contributed by atoms with Gasteiger partial charge in [0, 0.05) is 19.0 Å². The Labute approximate surface area is 102 Å². The van der Waals surface area contributed by atoms with E-state index in [-0.39, 0.29) is 17.1 Å². The molecule has 0 unspecified atom stereocenters. The average molecular weight is 264 g/mol. The van der Waals surface area contributed by atoms with Gasteiger partial charge in [-0.1, -0.05) is 11.6 Å². The number of unbranched alkanes of at least 4 members (excludes halogenated alkanes) is 1. The fraction of sp³-hybridized carbons (Fsp3) is 0.364. The van der Waals surface area contributed by atoms with Crippen molar-refractivity contribution in [1.82, 2.24) is 0 Å². The topological polar surface area (TPSA) is 49.3 Å². The summed E-state index contributed by atoms with van der Waals surface area (Å²) in [6, 6.07) is 1.76. The molecule has 2 N–H and O–H groups in total. The molecule has 0 amide bonds. The molecule has 0 atom stereocenters. The Hall–Kier alpha value is -1.36. The zero-order valence-corrected chi connectivity index (χ0v) is 9.73. The second kappa shape index (κ2) is 6.39. The van der Waals surface area contributed by atoms with Gasteiger partial charge in [-0.05, 0) is 18.9 Å². The van der Waals surface area contributed by atoms with Crippen molar-refractivity contribution in [2.24, 2.45) is 0 Å². The Kier molecular flexibility index (Phi) is 5.15. The lowest BCUT2D eigenvalue weighted by Crippen LogP contribution is -2.05. The zero-order chi connectivity index (χ0) is 12.8. The summed E-state index contributed by atoms with van der Waals surface area (Å²) in [6.07, 6.45) is 1.13. The van der Waals surface area contributed by atoms with Gasteiger partial charge in [0.1, 0.15) is 5.82 Å². The highest BCUT2D eigenvalue weighted by atomic mass is 35.5. The molecule has 0 aromatic heterocycles. The van der Waals surface area contributed by atoms with Crippen LogP contribution in [0.3, 0.4) is 0 Å². The largest absolute Gasteiger partial charge is 0.481 e. The number of aliphatic carboxylic acids is 1. The highest BCUT2D eigenvalue weighted by Crippen LogP contribution is 2.26. The Morgan fingerprint density at radius 2 is 2.06 bits per heavy atom. The maximum Gasteiger partial charge on any atom is 0.303 e. The fourth-order valence-corrected chi connectivity index (χ4v) is 1.59. The fourth-order valence-electron chi connectivity index (χ4n) is 1.33. The predicted molar refractivity (Wildman–Crippen MR) is 61.3 cm³/mol. The number of carboxylic acid groups (broad SMARTS) is 1. The predicted octanol–water partition coefficient (Wildman–Crippen LogP) is 3.29. The molecule has 0 aliphatic heterocycles. The van der Waals surface area contributed by atoms with E-state index >= 15 is 0 Å². The number of nitrogens with one attached hydrogen (secondary N) is 1. The van der Waals surface area contributed by atoms with Crippen LogP contribution in [0.2, 0.25) is 5.02 Å². The van der Waals surface area contributed by atoms with E-state index in [0.29, 0.717) is 19.4 Å². The van der Waals surface area contributed by atoms with Crippen LogP contribution in [0.25, 0.3) is 0 Å². The lowest BCUT2D eigenvalue weighted by Gasteiger charge is -2.09. The van der Waals surface area contributed by atoms with E-state index in [4.69, 9.17) is 16.7 Å². The lowest BCUT2D eigenvalue weighted by atomic mass is 10.2. The average Bonchev–Trinajstić information content (AvgIpc) is 2.20. The standard InChI is InChI=1S/C11H12ClF2NO2/c12-8-5-7(13)6-9(14)11(8)15-4-2-1-3-10(16)17/h5-6,15H,1-4H2,(H,16,17). The van der Waals surface area contributed by atoms with Gasteiger partial charge in [-0.25, -0.2) is 8.78 Å². The van der Waals surface area contributed by atoms with E-state index in [1.165, 1.54) is 0 Å². The molecule has 0 saturated heterocycles. The number of hydrogen-bond acceptors (Lipinski definition) is 2. The van der Waals surface area contributed by atoms with Gasteiger partial charge in [0.15, 0.2) is 5.82 Å². The van der Waals surface area contributed by atoms with Gasteiger partial charge < -0.3 is 10.4 Å². The second-order valence-corrected chi connectivity index (χ2v) is 3.93. The summed E-state index contributed by atoms with van der Waals surface area (Å²) in [4.78, 5) is 10.2. The van der Waals surface area contributed by atoms with Crippen molar-refractivity contribution in [1.29, 1.82) is 0 Å². The van der Waals surface area contributed by atoms with Crippen LogP contribution in [0, 0.1) is 11.6 Å². The number of benzene rings is 1. The Morgan fingerprint density at radius 3 is 2.65 bits per heavy atom. The van der Waals surface area contributed by atoms with E-state index in [1.54, 1.807) is 0 Å². The van der Waals surface area contributed by atoms with Crippen molar-refractivity contribution < 1.29 is 18.7 Å². The van der Waals surface area contributed by atoms with Crippen LogP contribution in [-0.4, -0.2) is 17.6 Å². The van der Waals surface area contributed by atoms with E-state index in [2.05, 4.69) is 5.32 Å². The first-order chi connectivity index (χ1) is 8.00. The Bertz CT molecular complexity index is 389. The van der Waals surface area contributed by atoms with Crippen LogP contribution in [0.4, 0.5) is 14.5 Å². The van der Waals surface area contributed by atoms with Crippen LogP contribution >= 0.6 is 11.6 Å². The molecule has 17 heavy (non-hydrogen) atoms. The number of anilines is 1. The number of hydrogen-bond donors (Lipinski definition) is 2. The summed E-state index contributed by atoms with van der Waals surface area (Å²) in [5.41, 5.74) is 0.0448. The molecule has 3 nitrogen and oxygen atoms in total. The molecule has 0 heterocycles. The summed E-state index contributed by atoms with van der Waals surface area (Å²) < 4.78 is 26.0. The van der Waals surface area contributed by atoms with E-state index in [0.717, 1.165) is 12.1 Å². The van der Waals surface area contributed by atoms with E-state index in [1.807, 2.05) is 0 Å². The maximum absolute atomic E-state index is 13.3. The summed E-state index contributed by atoms with van der Waals surface area (Å²) >= 11 is 5.66. The molecule has 0 aliphatic rings. The van der Waals surface area contributed by atoms with Crippen LogP contribution in [-0.2, 0) is 4.79 Å². The first-order valence-corrected chi connectivity index (χ1v) is 5.48. The van der Waals surface area contributed by atoms with Gasteiger partial charge in [-0.2, -0.15) is 0 Å². The lowest BCUT2D eigenvalue weighted by molar-refractivity contribution is -0.137. The third kappa shape index (κ3) is 4.56. The minimum absolute atomic E-state index is 0.0271. The third-order valence-corrected chi connectivity index (χ3v) is 2.42. The van der Waals surface area contributed by atoms with Crippen molar-refractivity contribution in [2.45, 2.75) is 19.3 Å². The molecule has 1 aromatic rings. The van der Waals surface area contributed by atoms with Crippen molar-refractivity contribution in [2.75, 3.05) is 11.9 Å². The molecule has 0 radical (unpaired) electrons. The van der Waals surface area contributed by atoms with Crippen LogP contribution < -0.4 is 5.32 Å². The number of carboxylic acids is 1. The van der Waals surface area contributed by atoms with Gasteiger partial charge in [0.05, 0.1) is 10.7 Å². The molecular formula is C11H12ClF2NO2. The molecule has 1 rings (SSSR count). The van der Waals surface area contributed by atoms with Crippen LogP contribution in [0.15, 0.2) is 12.1 Å². The summed E-state index contributed by atoms with van der Waals surface area (Å²) in [6.45, 7) is 0.384. The third-order valence-electron chi connectivity index (χ3n) is 2.13. The molecule has 0 spiro atoms. The summed E-state index contributed by atoms with van der Waals surface area (Å²) in [5.74, 6) is -2.35. The first-order valence-electron chi connectivity index (χ1n) is 5.11. The van der Waals surface area contributed by atoms with Gasteiger partial charge in [-0.15, -0.1) is 0 Å². The van der Waals surface area contributed by atoms with E-state index in [9.17, 15) is 13.6 Å². The van der Waals surface area contributed by atoms with Gasteiger partial charge in [0.25, 0.3) is 0 Å². The summed E-state index contributed by atoms with van der Waals surface area (Å²) in [5, 5.41) is 11.1. The highest BCUT2D eigenvalue weighted by molar-refractivity contribution is 6.33. The second-order valence-electron chi connectivity index (χ2n) is 3.52. The minimum Gasteiger partial charge on any atom is -0.481 e. The van der Waals surface area contributed by atoms with Crippen LogP contribution in [0.1, 0.15) is 19.3 Å². The van der Waals surface area contributed by atoms with Crippen molar-refractivity contribution >= 4 is 23.3 Å². The summed E-state index contributed by atoms with van der Waals surface area (Å²) in [7, 11) is 0. The molecule has 0 aliphatic carbocycles. The molecule has 1 aromatic carbocycles. The monoisotopic (exact) mass is 263 g/mol. The Balaban J connectivity index is 2.44. The van der Waals surface area contributed by atoms with Crippen molar-refractivity contribution in [3.8, 4) is 0 Å². The zero-order valence-electron chi connectivity index (χ0n) is 8.97. The molecular weight excluding hydrogens is 252 g/mol. The minimum atomic E-state index is -0.865.